The summed E-state index contributed by atoms with van der Waals surface area (Å²) >= 11 is 0. The molecular formula is C18H22N2O3S. The molecule has 0 aliphatic heterocycles. The van der Waals surface area contributed by atoms with Crippen LogP contribution in [0.2, 0.25) is 0 Å². The number of aliphatic hydroxyl groups is 1. The van der Waals surface area contributed by atoms with Crippen molar-refractivity contribution in [1.29, 1.82) is 0 Å². The Hall–Kier alpha value is -1.89. The molecule has 0 fully saturated rings. The van der Waals surface area contributed by atoms with Gasteiger partial charge < -0.3 is 9.67 Å². The summed E-state index contributed by atoms with van der Waals surface area (Å²) < 4.78 is 28.2. The van der Waals surface area contributed by atoms with E-state index in [4.69, 9.17) is 0 Å². The molecule has 24 heavy (non-hydrogen) atoms. The molecule has 0 amide bonds. The number of nitrogens with one attached hydrogen (secondary N) is 1. The summed E-state index contributed by atoms with van der Waals surface area (Å²) in [4.78, 5) is 0. The van der Waals surface area contributed by atoms with Crippen molar-refractivity contribution in [2.75, 3.05) is 6.54 Å². The van der Waals surface area contributed by atoms with Crippen LogP contribution in [0, 0.1) is 0 Å². The summed E-state index contributed by atoms with van der Waals surface area (Å²) in [6, 6.07) is 16.1. The number of benzene rings is 2. The van der Waals surface area contributed by atoms with Crippen LogP contribution in [-0.2, 0) is 16.6 Å². The molecule has 1 heterocycles. The molecule has 2 N–H and O–H groups in total. The largest absolute Gasteiger partial charge is 0.390 e. The highest BCUT2D eigenvalue weighted by Crippen LogP contribution is 2.28. The maximum Gasteiger partial charge on any atom is 0.214 e. The molecule has 1 aromatic heterocycles. The average molecular weight is 346 g/mol. The van der Waals surface area contributed by atoms with E-state index in [-0.39, 0.29) is 6.54 Å². The van der Waals surface area contributed by atoms with Crippen molar-refractivity contribution in [1.82, 2.24) is 9.29 Å². The van der Waals surface area contributed by atoms with Gasteiger partial charge in [-0.3, -0.25) is 0 Å². The van der Waals surface area contributed by atoms with Gasteiger partial charge in [-0.05, 0) is 26.0 Å². The third kappa shape index (κ3) is 3.17. The zero-order valence-electron chi connectivity index (χ0n) is 13.8. The molecule has 0 saturated carbocycles. The van der Waals surface area contributed by atoms with Crippen LogP contribution in [0.4, 0.5) is 0 Å². The van der Waals surface area contributed by atoms with Gasteiger partial charge in [0.25, 0.3) is 0 Å². The summed E-state index contributed by atoms with van der Waals surface area (Å²) in [5.74, 6) is 0. The van der Waals surface area contributed by atoms with E-state index in [1.165, 1.54) is 0 Å². The first kappa shape index (κ1) is 17.0. The SMILES string of the molecule is CC(C)S(=O)(=O)NCC(O)Cn1c2ccccc2c2ccccc21. The number of aliphatic hydroxyl groups excluding tert-OH is 1. The lowest BCUT2D eigenvalue weighted by molar-refractivity contribution is 0.160. The maximum absolute atomic E-state index is 11.8. The standard InChI is InChI=1S/C18H22N2O3S/c1-13(2)24(22,23)19-11-14(21)12-20-17-9-5-3-7-15(17)16-8-4-6-10-18(16)20/h3-10,13-14,19,21H,11-12H2,1-2H3. The van der Waals surface area contributed by atoms with E-state index >= 15 is 0 Å². The number of para-hydroxylation sites is 2. The van der Waals surface area contributed by atoms with Gasteiger partial charge in [0.05, 0.1) is 17.9 Å². The Labute approximate surface area is 142 Å². The first-order valence-electron chi connectivity index (χ1n) is 8.02. The molecule has 0 saturated heterocycles. The van der Waals surface area contributed by atoms with Gasteiger partial charge in [0.15, 0.2) is 0 Å². The lowest BCUT2D eigenvalue weighted by Gasteiger charge is -2.16. The van der Waals surface area contributed by atoms with Crippen LogP contribution < -0.4 is 4.72 Å². The van der Waals surface area contributed by atoms with Crippen LogP contribution in [0.25, 0.3) is 21.8 Å². The molecule has 3 aromatic rings. The van der Waals surface area contributed by atoms with Crippen LogP contribution in [0.3, 0.4) is 0 Å². The van der Waals surface area contributed by atoms with Crippen molar-refractivity contribution >= 4 is 31.8 Å². The molecule has 0 spiro atoms. The fourth-order valence-corrected chi connectivity index (χ4v) is 3.61. The Morgan fingerprint density at radius 2 is 1.50 bits per heavy atom. The monoisotopic (exact) mass is 346 g/mol. The molecular weight excluding hydrogens is 324 g/mol. The quantitative estimate of drug-likeness (QED) is 0.720. The van der Waals surface area contributed by atoms with Crippen molar-refractivity contribution in [3.63, 3.8) is 0 Å². The number of aromatic nitrogens is 1. The number of hydrogen-bond donors (Lipinski definition) is 2. The highest BCUT2D eigenvalue weighted by Gasteiger charge is 2.18. The van der Waals surface area contributed by atoms with Crippen LogP contribution >= 0.6 is 0 Å². The molecule has 0 radical (unpaired) electrons. The average Bonchev–Trinajstić information content (AvgIpc) is 2.88. The molecule has 6 heteroatoms. The highest BCUT2D eigenvalue weighted by atomic mass is 32.2. The van der Waals surface area contributed by atoms with Gasteiger partial charge in [-0.25, -0.2) is 13.1 Å². The van der Waals surface area contributed by atoms with E-state index in [0.29, 0.717) is 6.54 Å². The lowest BCUT2D eigenvalue weighted by atomic mass is 10.2. The predicted molar refractivity (Wildman–Crippen MR) is 97.5 cm³/mol. The first-order valence-corrected chi connectivity index (χ1v) is 9.57. The van der Waals surface area contributed by atoms with Crippen LogP contribution in [0.15, 0.2) is 48.5 Å². The van der Waals surface area contributed by atoms with Gasteiger partial charge in [-0.15, -0.1) is 0 Å². The highest BCUT2D eigenvalue weighted by molar-refractivity contribution is 7.90. The normalized spacial score (nSPS) is 13.8. The Kier molecular flexibility index (Phi) is 4.62. The molecule has 1 atom stereocenters. The minimum absolute atomic E-state index is 0.00134. The third-order valence-corrected chi connectivity index (χ3v) is 6.02. The molecule has 0 aliphatic carbocycles. The maximum atomic E-state index is 11.8. The predicted octanol–water partition coefficient (Wildman–Crippen LogP) is 2.48. The summed E-state index contributed by atoms with van der Waals surface area (Å²) in [6.45, 7) is 3.55. The van der Waals surface area contributed by atoms with Crippen molar-refractivity contribution in [2.24, 2.45) is 0 Å². The summed E-state index contributed by atoms with van der Waals surface area (Å²) in [5, 5.41) is 12.1. The van der Waals surface area contributed by atoms with Gasteiger partial charge in [0.2, 0.25) is 10.0 Å². The molecule has 2 aromatic carbocycles. The molecule has 0 bridgehead atoms. The fraction of sp³-hybridized carbons (Fsp3) is 0.333. The van der Waals surface area contributed by atoms with Gasteiger partial charge in [0, 0.05) is 28.4 Å². The zero-order valence-corrected chi connectivity index (χ0v) is 14.6. The second kappa shape index (κ2) is 6.55. The molecule has 128 valence electrons. The van der Waals surface area contributed by atoms with Crippen LogP contribution in [0.5, 0.6) is 0 Å². The molecule has 5 nitrogen and oxygen atoms in total. The van der Waals surface area contributed by atoms with Crippen molar-refractivity contribution in [2.45, 2.75) is 31.7 Å². The van der Waals surface area contributed by atoms with E-state index in [1.54, 1.807) is 13.8 Å². The van der Waals surface area contributed by atoms with E-state index in [2.05, 4.69) is 16.9 Å². The lowest BCUT2D eigenvalue weighted by Crippen LogP contribution is -2.38. The van der Waals surface area contributed by atoms with Crippen LogP contribution in [-0.4, -0.2) is 36.0 Å². The first-order chi connectivity index (χ1) is 11.4. The van der Waals surface area contributed by atoms with Crippen LogP contribution in [0.1, 0.15) is 13.8 Å². The fourth-order valence-electron chi connectivity index (χ4n) is 2.85. The topological polar surface area (TPSA) is 71.3 Å². The Bertz CT molecular complexity index is 907. The summed E-state index contributed by atoms with van der Waals surface area (Å²) in [6.07, 6.45) is -0.808. The van der Waals surface area contributed by atoms with Gasteiger partial charge >= 0.3 is 0 Å². The Balaban J connectivity index is 1.89. The Morgan fingerprint density at radius 3 is 2.00 bits per heavy atom. The van der Waals surface area contributed by atoms with Gasteiger partial charge in [0.1, 0.15) is 0 Å². The number of hydrogen-bond acceptors (Lipinski definition) is 3. The Morgan fingerprint density at radius 1 is 1.00 bits per heavy atom. The number of nitrogens with zero attached hydrogens (tertiary/aromatic N) is 1. The summed E-state index contributed by atoms with van der Waals surface area (Å²) in [5.41, 5.74) is 2.06. The third-order valence-electron chi connectivity index (χ3n) is 4.21. The minimum Gasteiger partial charge on any atom is -0.390 e. The van der Waals surface area contributed by atoms with Gasteiger partial charge in [-0.1, -0.05) is 36.4 Å². The molecule has 1 unspecified atom stereocenters. The van der Waals surface area contributed by atoms with E-state index in [0.717, 1.165) is 21.8 Å². The smallest absolute Gasteiger partial charge is 0.214 e. The molecule has 0 aliphatic rings. The van der Waals surface area contributed by atoms with E-state index in [1.807, 2.05) is 41.0 Å². The molecule has 3 rings (SSSR count). The van der Waals surface area contributed by atoms with Crippen molar-refractivity contribution < 1.29 is 13.5 Å². The minimum atomic E-state index is -3.38. The zero-order chi connectivity index (χ0) is 17.3. The van der Waals surface area contributed by atoms with Crippen molar-refractivity contribution in [3.8, 4) is 0 Å². The van der Waals surface area contributed by atoms with E-state index < -0.39 is 21.4 Å². The number of sulfonamides is 1. The number of rotatable bonds is 6. The second-order valence-electron chi connectivity index (χ2n) is 6.24. The van der Waals surface area contributed by atoms with E-state index in [9.17, 15) is 13.5 Å². The van der Waals surface area contributed by atoms with Gasteiger partial charge in [-0.2, -0.15) is 0 Å². The second-order valence-corrected chi connectivity index (χ2v) is 8.56. The van der Waals surface area contributed by atoms with Crippen molar-refractivity contribution in [3.05, 3.63) is 48.5 Å². The number of fused-ring (bicyclic) bond motifs is 3. The summed E-state index contributed by atoms with van der Waals surface area (Å²) in [7, 11) is -3.38.